The van der Waals surface area contributed by atoms with Gasteiger partial charge >= 0.3 is 6.61 Å². The second-order valence-corrected chi connectivity index (χ2v) is 5.92. The predicted molar refractivity (Wildman–Crippen MR) is 97.1 cm³/mol. The Bertz CT molecular complexity index is 848. The average molecular weight is 371 g/mol. The zero-order valence-corrected chi connectivity index (χ0v) is 14.5. The van der Waals surface area contributed by atoms with Gasteiger partial charge in [-0.15, -0.1) is 0 Å². The van der Waals surface area contributed by atoms with Crippen LogP contribution in [0.4, 0.5) is 8.78 Å². The summed E-state index contributed by atoms with van der Waals surface area (Å²) in [5.74, 6) is -0.0431. The quantitative estimate of drug-likeness (QED) is 0.661. The van der Waals surface area contributed by atoms with Crippen LogP contribution in [0.3, 0.4) is 0 Å². The van der Waals surface area contributed by atoms with E-state index in [1.807, 2.05) is 36.5 Å². The lowest BCUT2D eigenvalue weighted by Gasteiger charge is -2.08. The molecule has 0 bridgehead atoms. The van der Waals surface area contributed by atoms with Gasteiger partial charge in [0.25, 0.3) is 0 Å². The van der Waals surface area contributed by atoms with Crippen molar-refractivity contribution >= 4 is 5.91 Å². The second-order valence-electron chi connectivity index (χ2n) is 5.92. The molecule has 140 valence electrons. The molecule has 3 aromatic rings. The SMILES string of the molecule is O=C(Cc1ccc(OC(F)F)cc1)NCCc1ccc(-n2cccn2)cc1. The van der Waals surface area contributed by atoms with Gasteiger partial charge in [0.15, 0.2) is 0 Å². The van der Waals surface area contributed by atoms with Gasteiger partial charge in [0, 0.05) is 18.9 Å². The Morgan fingerprint density at radius 1 is 1.07 bits per heavy atom. The molecule has 0 radical (unpaired) electrons. The second kappa shape index (κ2) is 8.93. The molecule has 0 spiro atoms. The number of amides is 1. The molecule has 1 amide bonds. The number of nitrogens with one attached hydrogen (secondary N) is 1. The van der Waals surface area contributed by atoms with Gasteiger partial charge in [0.1, 0.15) is 5.75 Å². The number of rotatable bonds is 8. The molecule has 7 heteroatoms. The fourth-order valence-corrected chi connectivity index (χ4v) is 2.62. The molecule has 1 heterocycles. The van der Waals surface area contributed by atoms with Crippen molar-refractivity contribution in [3.63, 3.8) is 0 Å². The van der Waals surface area contributed by atoms with Gasteiger partial charge < -0.3 is 10.1 Å². The Morgan fingerprint density at radius 2 is 1.78 bits per heavy atom. The minimum absolute atomic E-state index is 0.0766. The fourth-order valence-electron chi connectivity index (χ4n) is 2.62. The molecule has 27 heavy (non-hydrogen) atoms. The van der Waals surface area contributed by atoms with Gasteiger partial charge in [-0.2, -0.15) is 13.9 Å². The van der Waals surface area contributed by atoms with E-state index in [1.165, 1.54) is 12.1 Å². The molecular formula is C20H19F2N3O2. The molecule has 0 saturated carbocycles. The Kier molecular flexibility index (Phi) is 6.14. The van der Waals surface area contributed by atoms with E-state index in [-0.39, 0.29) is 18.1 Å². The average Bonchev–Trinajstić information content (AvgIpc) is 3.18. The molecule has 5 nitrogen and oxygen atoms in total. The molecule has 0 unspecified atom stereocenters. The first kappa shape index (κ1) is 18.6. The Hall–Kier alpha value is -3.22. The molecule has 0 aliphatic heterocycles. The number of hydrogen-bond acceptors (Lipinski definition) is 3. The summed E-state index contributed by atoms with van der Waals surface area (Å²) in [4.78, 5) is 12.0. The third kappa shape index (κ3) is 5.64. The summed E-state index contributed by atoms with van der Waals surface area (Å²) in [6.45, 7) is -2.33. The highest BCUT2D eigenvalue weighted by molar-refractivity contribution is 5.78. The van der Waals surface area contributed by atoms with Crippen molar-refractivity contribution in [1.82, 2.24) is 15.1 Å². The molecule has 0 fully saturated rings. The lowest BCUT2D eigenvalue weighted by molar-refractivity contribution is -0.120. The number of nitrogens with zero attached hydrogens (tertiary/aromatic N) is 2. The van der Waals surface area contributed by atoms with Crippen molar-refractivity contribution in [2.24, 2.45) is 0 Å². The van der Waals surface area contributed by atoms with Gasteiger partial charge in [-0.05, 0) is 47.9 Å². The smallest absolute Gasteiger partial charge is 0.387 e. The Balaban J connectivity index is 1.43. The molecule has 1 aromatic heterocycles. The van der Waals surface area contributed by atoms with Crippen LogP contribution in [0.25, 0.3) is 5.69 Å². The Labute approximate surface area is 155 Å². The van der Waals surface area contributed by atoms with Crippen LogP contribution in [0.2, 0.25) is 0 Å². The van der Waals surface area contributed by atoms with E-state index in [2.05, 4.69) is 15.2 Å². The van der Waals surface area contributed by atoms with Crippen LogP contribution in [0.5, 0.6) is 5.75 Å². The highest BCUT2D eigenvalue weighted by Crippen LogP contribution is 2.15. The Morgan fingerprint density at radius 3 is 2.41 bits per heavy atom. The van der Waals surface area contributed by atoms with Crippen molar-refractivity contribution in [2.45, 2.75) is 19.5 Å². The maximum absolute atomic E-state index is 12.1. The number of halogens is 2. The molecular weight excluding hydrogens is 352 g/mol. The largest absolute Gasteiger partial charge is 0.435 e. The van der Waals surface area contributed by atoms with E-state index in [1.54, 1.807) is 23.0 Å². The van der Waals surface area contributed by atoms with Crippen LogP contribution in [-0.2, 0) is 17.6 Å². The van der Waals surface area contributed by atoms with Gasteiger partial charge in [-0.3, -0.25) is 4.79 Å². The monoisotopic (exact) mass is 371 g/mol. The summed E-state index contributed by atoms with van der Waals surface area (Å²) < 4.78 is 30.3. The minimum atomic E-state index is -2.85. The number of benzene rings is 2. The van der Waals surface area contributed by atoms with Crippen molar-refractivity contribution < 1.29 is 18.3 Å². The van der Waals surface area contributed by atoms with Gasteiger partial charge in [-0.25, -0.2) is 4.68 Å². The number of hydrogen-bond donors (Lipinski definition) is 1. The normalized spacial score (nSPS) is 10.8. The van der Waals surface area contributed by atoms with Crippen molar-refractivity contribution in [3.05, 3.63) is 78.1 Å². The van der Waals surface area contributed by atoms with Crippen LogP contribution in [0.15, 0.2) is 67.0 Å². The van der Waals surface area contributed by atoms with E-state index in [9.17, 15) is 13.6 Å². The number of alkyl halides is 2. The maximum atomic E-state index is 12.1. The van der Waals surface area contributed by atoms with Crippen molar-refractivity contribution in [3.8, 4) is 11.4 Å². The third-order valence-electron chi connectivity index (χ3n) is 3.95. The number of aromatic nitrogens is 2. The summed E-state index contributed by atoms with van der Waals surface area (Å²) in [7, 11) is 0. The van der Waals surface area contributed by atoms with E-state index < -0.39 is 6.61 Å². The van der Waals surface area contributed by atoms with Crippen LogP contribution >= 0.6 is 0 Å². The molecule has 0 atom stereocenters. The maximum Gasteiger partial charge on any atom is 0.387 e. The van der Waals surface area contributed by atoms with Crippen LogP contribution in [-0.4, -0.2) is 28.8 Å². The molecule has 2 aromatic carbocycles. The van der Waals surface area contributed by atoms with Gasteiger partial charge in [0.2, 0.25) is 5.91 Å². The van der Waals surface area contributed by atoms with E-state index >= 15 is 0 Å². The summed E-state index contributed by atoms with van der Waals surface area (Å²) in [5.41, 5.74) is 2.82. The third-order valence-corrected chi connectivity index (χ3v) is 3.95. The van der Waals surface area contributed by atoms with Crippen molar-refractivity contribution in [1.29, 1.82) is 0 Å². The van der Waals surface area contributed by atoms with Gasteiger partial charge in [0.05, 0.1) is 12.1 Å². The summed E-state index contributed by atoms with van der Waals surface area (Å²) in [6.07, 6.45) is 4.50. The van der Waals surface area contributed by atoms with E-state index in [4.69, 9.17) is 0 Å². The van der Waals surface area contributed by atoms with Crippen LogP contribution in [0.1, 0.15) is 11.1 Å². The number of ether oxygens (including phenoxy) is 1. The molecule has 1 N–H and O–H groups in total. The number of carbonyl (C=O) groups is 1. The lowest BCUT2D eigenvalue weighted by atomic mass is 10.1. The van der Waals surface area contributed by atoms with Crippen molar-refractivity contribution in [2.75, 3.05) is 6.54 Å². The standard InChI is InChI=1S/C20H19F2N3O2/c21-20(22)27-18-8-4-16(5-9-18)14-19(26)23-12-10-15-2-6-17(7-3-15)25-13-1-11-24-25/h1-9,11,13,20H,10,12,14H2,(H,23,26). The molecule has 3 rings (SSSR count). The highest BCUT2D eigenvalue weighted by Gasteiger charge is 2.06. The first-order valence-electron chi connectivity index (χ1n) is 8.49. The zero-order valence-electron chi connectivity index (χ0n) is 14.5. The minimum Gasteiger partial charge on any atom is -0.435 e. The predicted octanol–water partition coefficient (Wildman–Crippen LogP) is 3.38. The summed E-state index contributed by atoms with van der Waals surface area (Å²) >= 11 is 0. The first-order chi connectivity index (χ1) is 13.1. The fraction of sp³-hybridized carbons (Fsp3) is 0.200. The lowest BCUT2D eigenvalue weighted by Crippen LogP contribution is -2.27. The first-order valence-corrected chi connectivity index (χ1v) is 8.49. The summed E-state index contributed by atoms with van der Waals surface area (Å²) in [5, 5.41) is 7.04. The van der Waals surface area contributed by atoms with Crippen LogP contribution < -0.4 is 10.1 Å². The molecule has 0 aliphatic rings. The van der Waals surface area contributed by atoms with Gasteiger partial charge in [-0.1, -0.05) is 24.3 Å². The topological polar surface area (TPSA) is 56.1 Å². The summed E-state index contributed by atoms with van der Waals surface area (Å²) in [6, 6.07) is 15.9. The molecule has 0 aliphatic carbocycles. The van der Waals surface area contributed by atoms with Crippen LogP contribution in [0, 0.1) is 0 Å². The highest BCUT2D eigenvalue weighted by atomic mass is 19.3. The van der Waals surface area contributed by atoms with E-state index in [0.717, 1.165) is 16.8 Å². The molecule has 0 saturated heterocycles. The van der Waals surface area contributed by atoms with E-state index in [0.29, 0.717) is 13.0 Å². The number of carbonyl (C=O) groups excluding carboxylic acids is 1. The zero-order chi connectivity index (χ0) is 19.1.